The van der Waals surface area contributed by atoms with Gasteiger partial charge in [0.2, 0.25) is 0 Å². The molecule has 0 spiro atoms. The van der Waals surface area contributed by atoms with Crippen LogP contribution in [0.1, 0.15) is 37.0 Å². The number of carbonyl (C=O) groups is 1. The number of hydrogen-bond donors (Lipinski definition) is 2. The Bertz CT molecular complexity index is 638. The van der Waals surface area contributed by atoms with Gasteiger partial charge in [-0.15, -0.1) is 11.8 Å². The highest BCUT2D eigenvalue weighted by Crippen LogP contribution is 2.30. The van der Waals surface area contributed by atoms with Crippen LogP contribution >= 0.6 is 23.4 Å². The normalized spacial score (nSPS) is 14.6. The lowest BCUT2D eigenvalue weighted by molar-refractivity contribution is 0.0696. The summed E-state index contributed by atoms with van der Waals surface area (Å²) in [5, 5.41) is 13.0. The van der Waals surface area contributed by atoms with Gasteiger partial charge in [-0.25, -0.2) is 4.79 Å². The zero-order chi connectivity index (χ0) is 16.1. The summed E-state index contributed by atoms with van der Waals surface area (Å²) in [6.45, 7) is 5.18. The predicted octanol–water partition coefficient (Wildman–Crippen LogP) is 4.73. The molecule has 1 aromatic carbocycles. The number of carboxylic acids is 1. The van der Waals surface area contributed by atoms with E-state index in [0.717, 1.165) is 30.0 Å². The number of hydrogen-bond acceptors (Lipinski definition) is 3. The van der Waals surface area contributed by atoms with Gasteiger partial charge in [-0.2, -0.15) is 0 Å². The Morgan fingerprint density at radius 2 is 2.18 bits per heavy atom. The molecule has 0 unspecified atom stereocenters. The molecule has 3 nitrogen and oxygen atoms in total. The lowest BCUT2D eigenvalue weighted by atomic mass is 9.98. The molecular formula is C17H20ClNO2S. The molecule has 0 aromatic heterocycles. The van der Waals surface area contributed by atoms with Crippen molar-refractivity contribution in [3.63, 3.8) is 0 Å². The molecule has 118 valence electrons. The van der Waals surface area contributed by atoms with Gasteiger partial charge in [0.15, 0.2) is 0 Å². The molecule has 2 rings (SSSR count). The largest absolute Gasteiger partial charge is 0.478 e. The maximum Gasteiger partial charge on any atom is 0.335 e. The van der Waals surface area contributed by atoms with Crippen LogP contribution < -0.4 is 5.32 Å². The Morgan fingerprint density at radius 1 is 1.41 bits per heavy atom. The van der Waals surface area contributed by atoms with Crippen LogP contribution in [-0.4, -0.2) is 23.4 Å². The number of aromatic carboxylic acids is 1. The number of benzene rings is 1. The number of halogens is 1. The van der Waals surface area contributed by atoms with E-state index in [9.17, 15) is 4.79 Å². The van der Waals surface area contributed by atoms with Gasteiger partial charge >= 0.3 is 5.97 Å². The first-order chi connectivity index (χ1) is 10.5. The van der Waals surface area contributed by atoms with Gasteiger partial charge in [0.1, 0.15) is 0 Å². The van der Waals surface area contributed by atoms with Crippen molar-refractivity contribution in [1.29, 1.82) is 0 Å². The summed E-state index contributed by atoms with van der Waals surface area (Å²) in [4.78, 5) is 11.8. The van der Waals surface area contributed by atoms with Gasteiger partial charge in [-0.1, -0.05) is 17.7 Å². The predicted molar refractivity (Wildman–Crippen MR) is 92.8 cm³/mol. The zero-order valence-electron chi connectivity index (χ0n) is 12.8. The molecule has 2 N–H and O–H groups in total. The van der Waals surface area contributed by atoms with Crippen molar-refractivity contribution >= 4 is 29.3 Å². The maximum absolute atomic E-state index is 11.0. The molecular weight excluding hydrogens is 318 g/mol. The Labute approximate surface area is 140 Å². The molecule has 0 fully saturated rings. The molecule has 1 heterocycles. The number of rotatable bonds is 6. The first-order valence-corrected chi connectivity index (χ1v) is 8.62. The fourth-order valence-electron chi connectivity index (χ4n) is 2.45. The summed E-state index contributed by atoms with van der Waals surface area (Å²) < 4.78 is 0. The molecule has 0 aliphatic carbocycles. The van der Waals surface area contributed by atoms with Crippen LogP contribution in [0.3, 0.4) is 0 Å². The smallest absolute Gasteiger partial charge is 0.335 e. The summed E-state index contributed by atoms with van der Waals surface area (Å²) in [5.41, 5.74) is 4.28. The molecule has 1 aromatic rings. The Morgan fingerprint density at radius 3 is 2.86 bits per heavy atom. The van der Waals surface area contributed by atoms with Crippen LogP contribution in [0.5, 0.6) is 0 Å². The van der Waals surface area contributed by atoms with Gasteiger partial charge < -0.3 is 10.4 Å². The summed E-state index contributed by atoms with van der Waals surface area (Å²) in [7, 11) is 0. The second kappa shape index (κ2) is 7.75. The first kappa shape index (κ1) is 17.0. The van der Waals surface area contributed by atoms with Crippen molar-refractivity contribution < 1.29 is 9.90 Å². The van der Waals surface area contributed by atoms with E-state index in [4.69, 9.17) is 16.7 Å². The fraction of sp³-hybridized carbons (Fsp3) is 0.353. The summed E-state index contributed by atoms with van der Waals surface area (Å²) in [5.74, 6) is -0.0133. The minimum Gasteiger partial charge on any atom is -0.478 e. The fourth-order valence-corrected chi connectivity index (χ4v) is 3.65. The van der Waals surface area contributed by atoms with Crippen LogP contribution in [0.15, 0.2) is 46.0 Å². The molecule has 5 heteroatoms. The molecule has 0 radical (unpaired) electrons. The molecule has 0 atom stereocenters. The van der Waals surface area contributed by atoms with E-state index in [0.29, 0.717) is 5.02 Å². The first-order valence-electron chi connectivity index (χ1n) is 7.25. The van der Waals surface area contributed by atoms with E-state index < -0.39 is 5.97 Å². The Kier molecular flexibility index (Phi) is 5.98. The minimum absolute atomic E-state index is 0.278. The number of carboxylic acid groups (broad SMARTS) is 1. The SMILES string of the molecule is CC1=CCNC(C)=C1CCCSc1cc(C(=O)O)ccc1Cl. The second-order valence-electron chi connectivity index (χ2n) is 5.27. The highest BCUT2D eigenvalue weighted by molar-refractivity contribution is 7.99. The van der Waals surface area contributed by atoms with Gasteiger partial charge in [-0.05, 0) is 61.8 Å². The van der Waals surface area contributed by atoms with Gasteiger partial charge in [0.05, 0.1) is 10.6 Å². The molecule has 1 aliphatic heterocycles. The van der Waals surface area contributed by atoms with E-state index in [1.165, 1.54) is 22.9 Å². The van der Waals surface area contributed by atoms with Gasteiger partial charge in [0.25, 0.3) is 0 Å². The number of dihydropyridines is 1. The summed E-state index contributed by atoms with van der Waals surface area (Å²) >= 11 is 7.74. The maximum atomic E-state index is 11.0. The standard InChI is InChI=1S/C17H20ClNO2S/c1-11-7-8-19-12(2)14(11)4-3-9-22-16-10-13(17(20)21)5-6-15(16)18/h5-7,10,19H,3-4,8-9H2,1-2H3,(H,20,21). The zero-order valence-corrected chi connectivity index (χ0v) is 14.4. The summed E-state index contributed by atoms with van der Waals surface area (Å²) in [6, 6.07) is 4.83. The van der Waals surface area contributed by atoms with E-state index in [-0.39, 0.29) is 5.56 Å². The molecule has 0 bridgehead atoms. The second-order valence-corrected chi connectivity index (χ2v) is 6.82. The van der Waals surface area contributed by atoms with Crippen molar-refractivity contribution in [2.24, 2.45) is 0 Å². The van der Waals surface area contributed by atoms with E-state index in [1.54, 1.807) is 23.9 Å². The average Bonchev–Trinajstić information content (AvgIpc) is 2.47. The average molecular weight is 338 g/mol. The lowest BCUT2D eigenvalue weighted by Gasteiger charge is -2.19. The van der Waals surface area contributed by atoms with Crippen molar-refractivity contribution in [2.45, 2.75) is 31.6 Å². The van der Waals surface area contributed by atoms with Crippen molar-refractivity contribution in [2.75, 3.05) is 12.3 Å². The minimum atomic E-state index is -0.923. The Balaban J connectivity index is 1.91. The lowest BCUT2D eigenvalue weighted by Crippen LogP contribution is -2.18. The molecule has 1 aliphatic rings. The third-order valence-corrected chi connectivity index (χ3v) is 5.29. The van der Waals surface area contributed by atoms with Crippen molar-refractivity contribution in [1.82, 2.24) is 5.32 Å². The van der Waals surface area contributed by atoms with Gasteiger partial charge in [-0.3, -0.25) is 0 Å². The quantitative estimate of drug-likeness (QED) is 0.581. The monoisotopic (exact) mass is 337 g/mol. The Hall–Kier alpha value is -1.39. The molecule has 22 heavy (non-hydrogen) atoms. The van der Waals surface area contributed by atoms with Crippen LogP contribution in [0, 0.1) is 0 Å². The third-order valence-electron chi connectivity index (χ3n) is 3.71. The third kappa shape index (κ3) is 4.31. The molecule has 0 saturated heterocycles. The van der Waals surface area contributed by atoms with Crippen LogP contribution in [0.2, 0.25) is 5.02 Å². The molecule has 0 saturated carbocycles. The number of nitrogens with one attached hydrogen (secondary N) is 1. The van der Waals surface area contributed by atoms with Crippen LogP contribution in [0.4, 0.5) is 0 Å². The van der Waals surface area contributed by atoms with E-state index in [1.807, 2.05) is 0 Å². The van der Waals surface area contributed by atoms with Crippen molar-refractivity contribution in [3.8, 4) is 0 Å². The topological polar surface area (TPSA) is 49.3 Å². The van der Waals surface area contributed by atoms with Crippen LogP contribution in [0.25, 0.3) is 0 Å². The highest BCUT2D eigenvalue weighted by Gasteiger charge is 2.10. The van der Waals surface area contributed by atoms with Crippen LogP contribution in [-0.2, 0) is 0 Å². The van der Waals surface area contributed by atoms with E-state index in [2.05, 4.69) is 25.2 Å². The highest BCUT2D eigenvalue weighted by atomic mass is 35.5. The van der Waals surface area contributed by atoms with E-state index >= 15 is 0 Å². The number of allylic oxidation sites excluding steroid dienone is 3. The summed E-state index contributed by atoms with van der Waals surface area (Å²) in [6.07, 6.45) is 4.25. The number of thioether (sulfide) groups is 1. The molecule has 0 amide bonds. The van der Waals surface area contributed by atoms with Crippen molar-refractivity contribution in [3.05, 3.63) is 51.7 Å². The van der Waals surface area contributed by atoms with Gasteiger partial charge in [0, 0.05) is 17.1 Å².